The molecule has 3 N–H and O–H groups in total. The number of amides is 2. The van der Waals surface area contributed by atoms with Crippen LogP contribution in [0, 0.1) is 0 Å². The van der Waals surface area contributed by atoms with Crippen molar-refractivity contribution in [1.29, 1.82) is 0 Å². The Bertz CT molecular complexity index is 1670. The molecule has 2 aliphatic heterocycles. The molecule has 0 spiro atoms. The third kappa shape index (κ3) is 8.58. The number of halogens is 2. The van der Waals surface area contributed by atoms with Gasteiger partial charge in [0, 0.05) is 62.0 Å². The molecule has 48 heavy (non-hydrogen) atoms. The molecule has 0 atom stereocenters. The van der Waals surface area contributed by atoms with E-state index in [1.54, 1.807) is 85.1 Å². The van der Waals surface area contributed by atoms with E-state index in [0.29, 0.717) is 73.4 Å². The molecule has 0 fully saturated rings. The van der Waals surface area contributed by atoms with Crippen molar-refractivity contribution in [3.8, 4) is 5.75 Å². The Hall–Kier alpha value is -4.75. The number of aromatic amines is 1. The quantitative estimate of drug-likeness (QED) is 0.0987. The van der Waals surface area contributed by atoms with Gasteiger partial charge in [0.2, 0.25) is 5.91 Å². The molecule has 10 nitrogen and oxygen atoms in total. The third-order valence-corrected chi connectivity index (χ3v) is 7.99. The molecular weight excluding hydrogens is 619 g/mol. The number of carbonyl (C=O) groups excluding carboxylic acids is 2. The predicted octanol–water partition coefficient (Wildman–Crippen LogP) is 5.21. The van der Waals surface area contributed by atoms with Gasteiger partial charge in [-0.3, -0.25) is 9.59 Å². The molecule has 0 radical (unpaired) electrons. The van der Waals surface area contributed by atoms with Gasteiger partial charge in [0.15, 0.2) is 24.3 Å². The first-order valence-corrected chi connectivity index (χ1v) is 16.4. The van der Waals surface area contributed by atoms with Crippen LogP contribution in [0.4, 0.5) is 8.63 Å². The van der Waals surface area contributed by atoms with Gasteiger partial charge in [-0.25, -0.2) is 0 Å². The van der Waals surface area contributed by atoms with Gasteiger partial charge in [-0.2, -0.15) is 0 Å². The number of benzene rings is 1. The number of nitrogens with one attached hydrogen (secondary N) is 3. The van der Waals surface area contributed by atoms with Crippen LogP contribution in [0.25, 0.3) is 18.2 Å². The fourth-order valence-electron chi connectivity index (χ4n) is 5.69. The summed E-state index contributed by atoms with van der Waals surface area (Å²) in [5.74, 6) is 0.226. The Morgan fingerprint density at radius 1 is 0.958 bits per heavy atom. The number of allylic oxidation sites excluding steroid dienone is 2. The second-order valence-corrected chi connectivity index (χ2v) is 11.4. The van der Waals surface area contributed by atoms with Crippen LogP contribution in [-0.2, 0) is 19.1 Å². The maximum absolute atomic E-state index is 16.0. The highest BCUT2D eigenvalue weighted by molar-refractivity contribution is 6.58. The number of carbonyl (C=O) groups is 2. The van der Waals surface area contributed by atoms with E-state index in [0.717, 1.165) is 27.4 Å². The lowest BCUT2D eigenvalue weighted by Gasteiger charge is -2.30. The van der Waals surface area contributed by atoms with Crippen LogP contribution in [0.15, 0.2) is 72.6 Å². The molecule has 3 aromatic rings. The molecule has 0 bridgehead atoms. The van der Waals surface area contributed by atoms with E-state index < -0.39 is 13.3 Å². The Morgan fingerprint density at radius 3 is 2.48 bits per heavy atom. The predicted molar refractivity (Wildman–Crippen MR) is 182 cm³/mol. The second-order valence-electron chi connectivity index (χ2n) is 11.4. The van der Waals surface area contributed by atoms with Crippen LogP contribution in [-0.4, -0.2) is 77.6 Å². The topological polar surface area (TPSA) is 110 Å². The zero-order chi connectivity index (χ0) is 33.9. The molecule has 4 heterocycles. The summed E-state index contributed by atoms with van der Waals surface area (Å²) in [5.41, 5.74) is 3.14. The Kier molecular flexibility index (Phi) is 11.8. The van der Waals surface area contributed by atoms with E-state index >= 15 is 8.63 Å². The van der Waals surface area contributed by atoms with Crippen molar-refractivity contribution in [2.75, 3.05) is 32.9 Å². The average molecular weight is 662 g/mol. The van der Waals surface area contributed by atoms with Crippen LogP contribution >= 0.6 is 0 Å². The number of rotatable bonds is 18. The largest absolute Gasteiger partial charge is 0.737 e. The second kappa shape index (κ2) is 16.4. The van der Waals surface area contributed by atoms with E-state index in [-0.39, 0.29) is 18.4 Å². The monoisotopic (exact) mass is 661 g/mol. The number of aromatic nitrogens is 2. The van der Waals surface area contributed by atoms with E-state index in [1.807, 2.05) is 13.8 Å². The van der Waals surface area contributed by atoms with Gasteiger partial charge in [-0.15, -0.1) is 0 Å². The number of hydrogen-bond acceptors (Lipinski definition) is 5. The summed E-state index contributed by atoms with van der Waals surface area (Å²) in [5, 5.41) is 5.65. The molecule has 0 aliphatic carbocycles. The molecule has 254 valence electrons. The minimum absolute atomic E-state index is 0.0545. The maximum atomic E-state index is 16.0. The first-order chi connectivity index (χ1) is 23.3. The SMILES string of the molecule is CCOC(CNC(=O)CCCCCNC(=O)COc1ccc(/C=C/c2ccc3n2[B-](F)(F)[N+]2=C(c4ccc[nH]4)C=CC2=C3)cc1)OCC. The lowest BCUT2D eigenvalue weighted by Crippen LogP contribution is -2.50. The van der Waals surface area contributed by atoms with Crippen LogP contribution in [0.2, 0.25) is 0 Å². The zero-order valence-corrected chi connectivity index (χ0v) is 27.3. The Balaban J connectivity index is 1.03. The number of fused-ring (bicyclic) bond motifs is 2. The van der Waals surface area contributed by atoms with Crippen molar-refractivity contribution >= 4 is 42.7 Å². The zero-order valence-electron chi connectivity index (χ0n) is 27.3. The van der Waals surface area contributed by atoms with Gasteiger partial charge in [0.05, 0.1) is 6.54 Å². The maximum Gasteiger partial charge on any atom is 0.737 e. The van der Waals surface area contributed by atoms with Crippen molar-refractivity contribution < 1.29 is 36.9 Å². The summed E-state index contributed by atoms with van der Waals surface area (Å²) in [6.07, 6.45) is 12.6. The fourth-order valence-corrected chi connectivity index (χ4v) is 5.69. The summed E-state index contributed by atoms with van der Waals surface area (Å²) in [4.78, 5) is 27.3. The smallest absolute Gasteiger partial charge is 0.484 e. The standard InChI is InChI=1S/C35H42BF2N5O5/c1-3-46-35(47-4-2)24-41-33(44)10-6-5-7-21-40-34(45)25-48-30-18-12-26(13-19-30)11-14-27-15-16-28-23-29-17-20-32(31-9-8-22-39-31)43(29)36(37,38)42(27)28/h8-9,11-20,22-23,35,39H,3-7,10,21,24-25H2,1-2H3,(H,40,45)(H,41,44)/b14-11+. The molecule has 0 unspecified atom stereocenters. The first kappa shape index (κ1) is 34.6. The fraction of sp³-hybridized carbons (Fsp3) is 0.343. The highest BCUT2D eigenvalue weighted by Crippen LogP contribution is 2.34. The van der Waals surface area contributed by atoms with Crippen molar-refractivity contribution in [3.05, 3.63) is 95.2 Å². The van der Waals surface area contributed by atoms with Gasteiger partial charge in [0.25, 0.3) is 5.91 Å². The van der Waals surface area contributed by atoms with Crippen molar-refractivity contribution in [3.63, 3.8) is 0 Å². The van der Waals surface area contributed by atoms with E-state index in [1.165, 1.54) is 0 Å². The summed E-state index contributed by atoms with van der Waals surface area (Å²) in [7, 11) is 0. The summed E-state index contributed by atoms with van der Waals surface area (Å²) in [6, 6.07) is 14.0. The molecular formula is C35H42BF2N5O5. The van der Waals surface area contributed by atoms with Gasteiger partial charge >= 0.3 is 6.97 Å². The van der Waals surface area contributed by atoms with Crippen molar-refractivity contribution in [2.45, 2.75) is 45.8 Å². The lowest BCUT2D eigenvalue weighted by atomic mass is 9.90. The number of hydrogen-bond donors (Lipinski definition) is 3. The van der Waals surface area contributed by atoms with Crippen LogP contribution in [0.5, 0.6) is 5.75 Å². The minimum atomic E-state index is -4.13. The van der Waals surface area contributed by atoms with E-state index in [4.69, 9.17) is 14.2 Å². The van der Waals surface area contributed by atoms with Gasteiger partial charge in [-0.1, -0.05) is 24.6 Å². The average Bonchev–Trinajstić information content (AvgIpc) is 3.85. The van der Waals surface area contributed by atoms with Gasteiger partial charge < -0.3 is 47.4 Å². The highest BCUT2D eigenvalue weighted by atomic mass is 19.2. The van der Waals surface area contributed by atoms with E-state index in [2.05, 4.69) is 15.6 Å². The molecule has 0 saturated carbocycles. The van der Waals surface area contributed by atoms with Gasteiger partial charge in [0.1, 0.15) is 11.4 Å². The normalized spacial score (nSPS) is 14.7. The molecule has 13 heteroatoms. The lowest BCUT2D eigenvalue weighted by molar-refractivity contribution is -0.360. The molecule has 2 aliphatic rings. The molecule has 1 aromatic carbocycles. The van der Waals surface area contributed by atoms with Crippen molar-refractivity contribution in [1.82, 2.24) is 20.1 Å². The van der Waals surface area contributed by atoms with Gasteiger partial charge in [-0.05, 0) is 74.7 Å². The molecule has 2 aromatic heterocycles. The number of ether oxygens (including phenoxy) is 3. The first-order valence-electron chi connectivity index (χ1n) is 16.4. The Labute approximate surface area is 279 Å². The Morgan fingerprint density at radius 2 is 1.75 bits per heavy atom. The van der Waals surface area contributed by atoms with Crippen LogP contribution < -0.4 is 15.4 Å². The summed E-state index contributed by atoms with van der Waals surface area (Å²) in [6.45, 7) is 1.32. The third-order valence-electron chi connectivity index (χ3n) is 7.99. The molecule has 2 amide bonds. The molecule has 5 rings (SSSR count). The van der Waals surface area contributed by atoms with Crippen LogP contribution in [0.1, 0.15) is 62.2 Å². The minimum Gasteiger partial charge on any atom is -0.484 e. The number of H-pyrrole nitrogens is 1. The van der Waals surface area contributed by atoms with E-state index in [9.17, 15) is 9.59 Å². The number of nitrogens with zero attached hydrogens (tertiary/aromatic N) is 2. The summed E-state index contributed by atoms with van der Waals surface area (Å²) < 4.78 is 50.6. The highest BCUT2D eigenvalue weighted by Gasteiger charge is 2.52. The molecule has 0 saturated heterocycles. The van der Waals surface area contributed by atoms with Crippen LogP contribution in [0.3, 0.4) is 0 Å². The summed E-state index contributed by atoms with van der Waals surface area (Å²) >= 11 is 0. The number of unbranched alkanes of at least 4 members (excludes halogenated alkanes) is 2. The van der Waals surface area contributed by atoms with Crippen molar-refractivity contribution in [2.24, 2.45) is 0 Å².